The Labute approximate surface area is 157 Å². The Morgan fingerprint density at radius 3 is 2.33 bits per heavy atom. The molecular weight excluding hydrogens is 342 g/mol. The number of hydrogen-bond donors (Lipinski definition) is 2. The van der Waals surface area contributed by atoms with E-state index in [9.17, 15) is 14.4 Å². The van der Waals surface area contributed by atoms with Crippen molar-refractivity contribution in [2.45, 2.75) is 12.8 Å². The maximum atomic E-state index is 12.0. The maximum Gasteiger partial charge on any atom is 0.251 e. The standard InChI is InChI=1S/C21H21N3O3/c1-22-21(27)16-7-9-17(10-8-16)23-19(25)13-6-15-4-11-18(12-5-15)24-14-2-3-20(24)26/h4-13H,2-3,14H2,1H3,(H,22,27)(H,23,25)/b13-6+. The molecule has 138 valence electrons. The number of anilines is 2. The summed E-state index contributed by atoms with van der Waals surface area (Å²) < 4.78 is 0. The lowest BCUT2D eigenvalue weighted by Crippen LogP contribution is -2.23. The maximum absolute atomic E-state index is 12.0. The van der Waals surface area contributed by atoms with Crippen molar-refractivity contribution in [2.24, 2.45) is 0 Å². The van der Waals surface area contributed by atoms with Crippen molar-refractivity contribution < 1.29 is 14.4 Å². The molecule has 2 aromatic carbocycles. The van der Waals surface area contributed by atoms with E-state index in [4.69, 9.17) is 0 Å². The zero-order valence-corrected chi connectivity index (χ0v) is 15.1. The molecule has 0 atom stereocenters. The fourth-order valence-electron chi connectivity index (χ4n) is 2.89. The van der Waals surface area contributed by atoms with Gasteiger partial charge in [-0.1, -0.05) is 12.1 Å². The van der Waals surface area contributed by atoms with Crippen molar-refractivity contribution in [1.29, 1.82) is 0 Å². The molecule has 0 aromatic heterocycles. The zero-order valence-electron chi connectivity index (χ0n) is 15.1. The number of rotatable bonds is 5. The molecular formula is C21H21N3O3. The highest BCUT2D eigenvalue weighted by Crippen LogP contribution is 2.22. The molecule has 6 nitrogen and oxygen atoms in total. The van der Waals surface area contributed by atoms with Gasteiger partial charge in [-0.25, -0.2) is 0 Å². The molecule has 1 saturated heterocycles. The highest BCUT2D eigenvalue weighted by Gasteiger charge is 2.21. The van der Waals surface area contributed by atoms with Gasteiger partial charge < -0.3 is 15.5 Å². The number of nitrogens with zero attached hydrogens (tertiary/aromatic N) is 1. The summed E-state index contributed by atoms with van der Waals surface area (Å²) in [5, 5.41) is 5.29. The molecule has 1 heterocycles. The summed E-state index contributed by atoms with van der Waals surface area (Å²) in [5.41, 5.74) is 2.90. The highest BCUT2D eigenvalue weighted by atomic mass is 16.2. The van der Waals surface area contributed by atoms with E-state index in [0.717, 1.165) is 24.2 Å². The minimum Gasteiger partial charge on any atom is -0.355 e. The van der Waals surface area contributed by atoms with Crippen molar-refractivity contribution in [3.63, 3.8) is 0 Å². The molecule has 2 aromatic rings. The number of carbonyl (C=O) groups excluding carboxylic acids is 3. The zero-order chi connectivity index (χ0) is 19.2. The summed E-state index contributed by atoms with van der Waals surface area (Å²) in [6.07, 6.45) is 4.66. The molecule has 0 radical (unpaired) electrons. The molecule has 0 unspecified atom stereocenters. The Bertz CT molecular complexity index is 871. The van der Waals surface area contributed by atoms with E-state index in [1.165, 1.54) is 6.08 Å². The van der Waals surface area contributed by atoms with Gasteiger partial charge >= 0.3 is 0 Å². The van der Waals surface area contributed by atoms with Crippen LogP contribution in [0.5, 0.6) is 0 Å². The van der Waals surface area contributed by atoms with Crippen LogP contribution in [0.1, 0.15) is 28.8 Å². The van der Waals surface area contributed by atoms with E-state index in [-0.39, 0.29) is 17.7 Å². The molecule has 0 bridgehead atoms. The van der Waals surface area contributed by atoms with Gasteiger partial charge in [0.2, 0.25) is 11.8 Å². The Hall–Kier alpha value is -3.41. The number of hydrogen-bond acceptors (Lipinski definition) is 3. The number of carbonyl (C=O) groups is 3. The first kappa shape index (κ1) is 18.4. The van der Waals surface area contributed by atoms with E-state index in [1.54, 1.807) is 42.3 Å². The fraction of sp³-hybridized carbons (Fsp3) is 0.190. The summed E-state index contributed by atoms with van der Waals surface area (Å²) in [6, 6.07) is 14.2. The number of benzene rings is 2. The van der Waals surface area contributed by atoms with Crippen LogP contribution >= 0.6 is 0 Å². The lowest BCUT2D eigenvalue weighted by Gasteiger charge is -2.15. The SMILES string of the molecule is CNC(=O)c1ccc(NC(=O)/C=C/c2ccc(N3CCCC3=O)cc2)cc1. The number of amides is 3. The Morgan fingerprint density at radius 1 is 1.04 bits per heavy atom. The second kappa shape index (κ2) is 8.31. The highest BCUT2D eigenvalue weighted by molar-refractivity contribution is 6.02. The molecule has 2 N–H and O–H groups in total. The average molecular weight is 363 g/mol. The predicted molar refractivity (Wildman–Crippen MR) is 106 cm³/mol. The Kier molecular flexibility index (Phi) is 5.66. The molecule has 1 fully saturated rings. The molecule has 3 amide bonds. The first-order valence-electron chi connectivity index (χ1n) is 8.78. The first-order chi connectivity index (χ1) is 13.1. The lowest BCUT2D eigenvalue weighted by molar-refractivity contribution is -0.117. The smallest absolute Gasteiger partial charge is 0.251 e. The minimum absolute atomic E-state index is 0.153. The van der Waals surface area contributed by atoms with E-state index in [1.807, 2.05) is 24.3 Å². The molecule has 1 aliphatic rings. The summed E-state index contributed by atoms with van der Waals surface area (Å²) in [6.45, 7) is 0.759. The normalized spacial score (nSPS) is 13.8. The topological polar surface area (TPSA) is 78.5 Å². The van der Waals surface area contributed by atoms with Crippen molar-refractivity contribution in [1.82, 2.24) is 5.32 Å². The minimum atomic E-state index is -0.263. The molecule has 0 aliphatic carbocycles. The van der Waals surface area contributed by atoms with E-state index in [0.29, 0.717) is 17.7 Å². The third-order valence-corrected chi connectivity index (χ3v) is 4.35. The third-order valence-electron chi connectivity index (χ3n) is 4.35. The van der Waals surface area contributed by atoms with Gasteiger partial charge in [0.1, 0.15) is 0 Å². The van der Waals surface area contributed by atoms with Gasteiger partial charge in [0.15, 0.2) is 0 Å². The average Bonchev–Trinajstić information content (AvgIpc) is 3.12. The third kappa shape index (κ3) is 4.61. The van der Waals surface area contributed by atoms with Crippen LogP contribution < -0.4 is 15.5 Å². The molecule has 3 rings (SSSR count). The van der Waals surface area contributed by atoms with Gasteiger partial charge in [0, 0.05) is 43.0 Å². The van der Waals surface area contributed by atoms with E-state index >= 15 is 0 Å². The Balaban J connectivity index is 1.58. The second-order valence-corrected chi connectivity index (χ2v) is 6.22. The van der Waals surface area contributed by atoms with Gasteiger partial charge in [-0.15, -0.1) is 0 Å². The Morgan fingerprint density at radius 2 is 1.74 bits per heavy atom. The number of nitrogens with one attached hydrogen (secondary N) is 2. The van der Waals surface area contributed by atoms with Crippen molar-refractivity contribution in [3.05, 3.63) is 65.7 Å². The summed E-state index contributed by atoms with van der Waals surface area (Å²) in [7, 11) is 1.57. The monoisotopic (exact) mass is 363 g/mol. The molecule has 6 heteroatoms. The van der Waals surface area contributed by atoms with Gasteiger partial charge in [0.25, 0.3) is 5.91 Å². The molecule has 0 saturated carbocycles. The first-order valence-corrected chi connectivity index (χ1v) is 8.78. The van der Waals surface area contributed by atoms with Crippen molar-refractivity contribution >= 4 is 35.2 Å². The van der Waals surface area contributed by atoms with Crippen LogP contribution in [-0.2, 0) is 9.59 Å². The molecule has 27 heavy (non-hydrogen) atoms. The van der Waals surface area contributed by atoms with Crippen LogP contribution in [0.25, 0.3) is 6.08 Å². The second-order valence-electron chi connectivity index (χ2n) is 6.22. The lowest BCUT2D eigenvalue weighted by atomic mass is 10.1. The summed E-state index contributed by atoms with van der Waals surface area (Å²) >= 11 is 0. The van der Waals surface area contributed by atoms with Crippen LogP contribution in [0.2, 0.25) is 0 Å². The van der Waals surface area contributed by atoms with Crippen LogP contribution in [0, 0.1) is 0 Å². The van der Waals surface area contributed by atoms with Crippen molar-refractivity contribution in [3.8, 4) is 0 Å². The van der Waals surface area contributed by atoms with Crippen LogP contribution in [0.3, 0.4) is 0 Å². The molecule has 0 spiro atoms. The largest absolute Gasteiger partial charge is 0.355 e. The fourth-order valence-corrected chi connectivity index (χ4v) is 2.89. The predicted octanol–water partition coefficient (Wildman–Crippen LogP) is 2.82. The van der Waals surface area contributed by atoms with Crippen LogP contribution in [0.15, 0.2) is 54.6 Å². The van der Waals surface area contributed by atoms with Gasteiger partial charge in [-0.05, 0) is 54.5 Å². The summed E-state index contributed by atoms with van der Waals surface area (Å²) in [4.78, 5) is 37.1. The van der Waals surface area contributed by atoms with Crippen molar-refractivity contribution in [2.75, 3.05) is 23.8 Å². The van der Waals surface area contributed by atoms with E-state index in [2.05, 4.69) is 10.6 Å². The van der Waals surface area contributed by atoms with Crippen LogP contribution in [-0.4, -0.2) is 31.3 Å². The van der Waals surface area contributed by atoms with Gasteiger partial charge in [0.05, 0.1) is 0 Å². The quantitative estimate of drug-likeness (QED) is 0.802. The van der Waals surface area contributed by atoms with E-state index < -0.39 is 0 Å². The van der Waals surface area contributed by atoms with Gasteiger partial charge in [-0.2, -0.15) is 0 Å². The van der Waals surface area contributed by atoms with Crippen LogP contribution in [0.4, 0.5) is 11.4 Å². The summed E-state index contributed by atoms with van der Waals surface area (Å²) in [5.74, 6) is -0.284. The van der Waals surface area contributed by atoms with Gasteiger partial charge in [-0.3, -0.25) is 14.4 Å². The molecule has 1 aliphatic heterocycles.